The van der Waals surface area contributed by atoms with Gasteiger partial charge >= 0.3 is 0 Å². The average Bonchev–Trinajstić information content (AvgIpc) is 2.57. The van der Waals surface area contributed by atoms with E-state index in [0.717, 1.165) is 21.7 Å². The molecule has 6 nitrogen and oxygen atoms in total. The van der Waals surface area contributed by atoms with Gasteiger partial charge in [-0.25, -0.2) is 8.42 Å². The molecule has 7 heteroatoms. The van der Waals surface area contributed by atoms with E-state index >= 15 is 0 Å². The highest BCUT2D eigenvalue weighted by molar-refractivity contribution is 7.92. The molecule has 2 aromatic carbocycles. The molecule has 0 heterocycles. The first-order chi connectivity index (χ1) is 12.6. The van der Waals surface area contributed by atoms with Crippen LogP contribution >= 0.6 is 0 Å². The molecular formula is C20H26N2O4S. The number of hydrogen-bond donors (Lipinski definition) is 1. The molecule has 0 bridgehead atoms. The third-order valence-corrected chi connectivity index (χ3v) is 5.49. The van der Waals surface area contributed by atoms with Crippen LogP contribution in [-0.2, 0) is 14.8 Å². The first-order valence-corrected chi connectivity index (χ1v) is 10.6. The maximum absolute atomic E-state index is 12.7. The Bertz CT molecular complexity index is 925. The molecule has 146 valence electrons. The minimum absolute atomic E-state index is 0.424. The van der Waals surface area contributed by atoms with E-state index in [-0.39, 0.29) is 0 Å². The second-order valence-corrected chi connectivity index (χ2v) is 8.31. The van der Waals surface area contributed by atoms with Crippen molar-refractivity contribution in [1.82, 2.24) is 0 Å². The van der Waals surface area contributed by atoms with E-state index in [1.54, 1.807) is 43.3 Å². The van der Waals surface area contributed by atoms with Crippen molar-refractivity contribution in [2.75, 3.05) is 22.5 Å². The summed E-state index contributed by atoms with van der Waals surface area (Å²) < 4.78 is 31.3. The van der Waals surface area contributed by atoms with Crippen molar-refractivity contribution in [3.63, 3.8) is 0 Å². The zero-order chi connectivity index (χ0) is 20.2. The Morgan fingerprint density at radius 3 is 2.44 bits per heavy atom. The van der Waals surface area contributed by atoms with Crippen LogP contribution in [0.2, 0.25) is 0 Å². The number of benzene rings is 2. The fraction of sp³-hybridized carbons (Fsp3) is 0.350. The number of carbonyl (C=O) groups is 1. The summed E-state index contributed by atoms with van der Waals surface area (Å²) in [7, 11) is -3.65. The quantitative estimate of drug-likeness (QED) is 0.785. The molecule has 0 saturated carbocycles. The van der Waals surface area contributed by atoms with Crippen molar-refractivity contribution in [3.8, 4) is 5.75 Å². The minimum atomic E-state index is -3.65. The SMILES string of the molecule is CCOc1cccc(NC(=O)C(C)N(c2ccc(C)c(C)c2)S(C)(=O)=O)c1. The number of anilines is 2. The molecule has 0 radical (unpaired) electrons. The number of sulfonamides is 1. The minimum Gasteiger partial charge on any atom is -0.494 e. The van der Waals surface area contributed by atoms with Crippen LogP contribution in [0.15, 0.2) is 42.5 Å². The second kappa shape index (κ2) is 8.43. The van der Waals surface area contributed by atoms with Gasteiger partial charge in [0.15, 0.2) is 0 Å². The van der Waals surface area contributed by atoms with Gasteiger partial charge in [0.05, 0.1) is 18.6 Å². The number of nitrogens with one attached hydrogen (secondary N) is 1. The third-order valence-electron chi connectivity index (χ3n) is 4.25. The van der Waals surface area contributed by atoms with Crippen molar-refractivity contribution < 1.29 is 17.9 Å². The molecule has 1 atom stereocenters. The molecule has 27 heavy (non-hydrogen) atoms. The molecule has 2 rings (SSSR count). The first-order valence-electron chi connectivity index (χ1n) is 8.74. The van der Waals surface area contributed by atoms with E-state index in [1.807, 2.05) is 26.8 Å². The maximum Gasteiger partial charge on any atom is 0.247 e. The Labute approximate surface area is 161 Å². The number of amides is 1. The summed E-state index contributed by atoms with van der Waals surface area (Å²) in [4.78, 5) is 12.7. The Morgan fingerprint density at radius 2 is 1.85 bits per heavy atom. The first kappa shape index (κ1) is 20.8. The molecule has 1 N–H and O–H groups in total. The van der Waals surface area contributed by atoms with Crippen LogP contribution in [0.4, 0.5) is 11.4 Å². The zero-order valence-corrected chi connectivity index (χ0v) is 17.1. The number of carbonyl (C=O) groups excluding carboxylic acids is 1. The van der Waals surface area contributed by atoms with E-state index < -0.39 is 22.0 Å². The molecule has 0 aliphatic carbocycles. The van der Waals surface area contributed by atoms with E-state index in [2.05, 4.69) is 5.32 Å². The molecular weight excluding hydrogens is 364 g/mol. The van der Waals surface area contributed by atoms with Gasteiger partial charge in [-0.15, -0.1) is 0 Å². The number of rotatable bonds is 7. The van der Waals surface area contributed by atoms with E-state index in [1.165, 1.54) is 0 Å². The van der Waals surface area contributed by atoms with Gasteiger partial charge in [0.1, 0.15) is 11.8 Å². The number of ether oxygens (including phenoxy) is 1. The number of aryl methyl sites for hydroxylation is 2. The zero-order valence-electron chi connectivity index (χ0n) is 16.3. The largest absolute Gasteiger partial charge is 0.494 e. The fourth-order valence-corrected chi connectivity index (χ4v) is 3.92. The molecule has 0 aliphatic heterocycles. The Morgan fingerprint density at radius 1 is 1.15 bits per heavy atom. The van der Waals surface area contributed by atoms with E-state index in [4.69, 9.17) is 4.74 Å². The molecule has 0 saturated heterocycles. The van der Waals surface area contributed by atoms with Crippen molar-refractivity contribution >= 4 is 27.3 Å². The van der Waals surface area contributed by atoms with E-state index in [9.17, 15) is 13.2 Å². The second-order valence-electron chi connectivity index (χ2n) is 6.45. The molecule has 0 spiro atoms. The molecule has 1 unspecified atom stereocenters. The monoisotopic (exact) mass is 390 g/mol. The van der Waals surface area contributed by atoms with Crippen LogP contribution in [0.5, 0.6) is 5.75 Å². The van der Waals surface area contributed by atoms with E-state index in [0.29, 0.717) is 23.7 Å². The normalized spacial score (nSPS) is 12.3. The number of nitrogens with zero attached hydrogens (tertiary/aromatic N) is 1. The van der Waals surface area contributed by atoms with Crippen molar-refractivity contribution in [2.45, 2.75) is 33.7 Å². The molecule has 0 fully saturated rings. The Balaban J connectivity index is 2.29. The van der Waals surface area contributed by atoms with Crippen LogP contribution < -0.4 is 14.4 Å². The van der Waals surface area contributed by atoms with Gasteiger partial charge in [0.25, 0.3) is 0 Å². The maximum atomic E-state index is 12.7. The topological polar surface area (TPSA) is 75.7 Å². The summed E-state index contributed by atoms with van der Waals surface area (Å²) in [6.45, 7) is 7.82. The van der Waals surface area contributed by atoms with Gasteiger partial charge < -0.3 is 10.1 Å². The molecule has 2 aromatic rings. The van der Waals surface area contributed by atoms with Gasteiger partial charge in [-0.2, -0.15) is 0 Å². The van der Waals surface area contributed by atoms with Gasteiger partial charge in [-0.05, 0) is 63.1 Å². The summed E-state index contributed by atoms with van der Waals surface area (Å²) in [6, 6.07) is 11.4. The lowest BCUT2D eigenvalue weighted by Gasteiger charge is -2.28. The highest BCUT2D eigenvalue weighted by Gasteiger charge is 2.29. The summed E-state index contributed by atoms with van der Waals surface area (Å²) in [6.07, 6.45) is 1.10. The Hall–Kier alpha value is -2.54. The predicted octanol–water partition coefficient (Wildman–Crippen LogP) is 3.50. The summed E-state index contributed by atoms with van der Waals surface area (Å²) in [5.74, 6) is 0.212. The highest BCUT2D eigenvalue weighted by atomic mass is 32.2. The lowest BCUT2D eigenvalue weighted by atomic mass is 10.1. The van der Waals surface area contributed by atoms with Crippen LogP contribution in [0, 0.1) is 13.8 Å². The Kier molecular flexibility index (Phi) is 6.49. The lowest BCUT2D eigenvalue weighted by molar-refractivity contribution is -0.116. The van der Waals surface area contributed by atoms with Crippen LogP contribution in [0.25, 0.3) is 0 Å². The predicted molar refractivity (Wildman–Crippen MR) is 109 cm³/mol. The summed E-state index contributed by atoms with van der Waals surface area (Å²) >= 11 is 0. The molecule has 0 aliphatic rings. The van der Waals surface area contributed by atoms with Crippen molar-refractivity contribution in [1.29, 1.82) is 0 Å². The molecule has 0 aromatic heterocycles. The average molecular weight is 391 g/mol. The van der Waals surface area contributed by atoms with Crippen LogP contribution in [0.3, 0.4) is 0 Å². The standard InChI is InChI=1S/C20H26N2O4S/c1-6-26-19-9-7-8-17(13-19)21-20(23)16(4)22(27(5,24)25)18-11-10-14(2)15(3)12-18/h7-13,16H,6H2,1-5H3,(H,21,23). The smallest absolute Gasteiger partial charge is 0.247 e. The van der Waals surface area contributed by atoms with Gasteiger partial charge in [0.2, 0.25) is 15.9 Å². The summed E-state index contributed by atoms with van der Waals surface area (Å²) in [5, 5.41) is 2.76. The summed E-state index contributed by atoms with van der Waals surface area (Å²) in [5.41, 5.74) is 3.02. The van der Waals surface area contributed by atoms with Crippen molar-refractivity contribution in [2.24, 2.45) is 0 Å². The van der Waals surface area contributed by atoms with Crippen LogP contribution in [0.1, 0.15) is 25.0 Å². The fourth-order valence-electron chi connectivity index (χ4n) is 2.75. The van der Waals surface area contributed by atoms with Crippen LogP contribution in [-0.4, -0.2) is 33.2 Å². The third kappa shape index (κ3) is 5.23. The van der Waals surface area contributed by atoms with Gasteiger partial charge in [-0.3, -0.25) is 9.10 Å². The van der Waals surface area contributed by atoms with Gasteiger partial charge in [-0.1, -0.05) is 12.1 Å². The lowest BCUT2D eigenvalue weighted by Crippen LogP contribution is -2.45. The molecule has 1 amide bonds. The van der Waals surface area contributed by atoms with Gasteiger partial charge in [0, 0.05) is 11.8 Å². The van der Waals surface area contributed by atoms with Crippen molar-refractivity contribution in [3.05, 3.63) is 53.6 Å². The highest BCUT2D eigenvalue weighted by Crippen LogP contribution is 2.25. The number of hydrogen-bond acceptors (Lipinski definition) is 4.